The van der Waals surface area contributed by atoms with Gasteiger partial charge in [-0.3, -0.25) is 0 Å². The third kappa shape index (κ3) is 2.79. The fourth-order valence-electron chi connectivity index (χ4n) is 2.32. The minimum Gasteiger partial charge on any atom is -0.463 e. The molecule has 0 saturated heterocycles. The second-order valence-electron chi connectivity index (χ2n) is 4.49. The average molecular weight is 245 g/mol. The predicted octanol–water partition coefficient (Wildman–Crippen LogP) is 2.38. The van der Waals surface area contributed by atoms with Crippen LogP contribution in [0.15, 0.2) is 36.4 Å². The van der Waals surface area contributed by atoms with E-state index in [2.05, 4.69) is 36.2 Å². The molecule has 1 aromatic rings. The predicted molar refractivity (Wildman–Crippen MR) is 71.3 cm³/mol. The molecule has 0 amide bonds. The Balaban J connectivity index is 1.89. The van der Waals surface area contributed by atoms with E-state index in [4.69, 9.17) is 4.74 Å². The van der Waals surface area contributed by atoms with Gasteiger partial charge in [0, 0.05) is 18.2 Å². The molecule has 0 aliphatic heterocycles. The summed E-state index contributed by atoms with van der Waals surface area (Å²) in [6, 6.07) is 8.76. The number of carbonyl (C=O) groups excluding carboxylic acids is 1. The highest BCUT2D eigenvalue weighted by atomic mass is 16.5. The molecule has 0 saturated carbocycles. The van der Waals surface area contributed by atoms with E-state index in [1.807, 2.05) is 0 Å². The monoisotopic (exact) mass is 245 g/mol. The van der Waals surface area contributed by atoms with Gasteiger partial charge in [-0.2, -0.15) is 0 Å². The van der Waals surface area contributed by atoms with Gasteiger partial charge in [-0.15, -0.1) is 0 Å². The summed E-state index contributed by atoms with van der Waals surface area (Å²) < 4.78 is 4.91. The van der Waals surface area contributed by atoms with Crippen LogP contribution in [-0.4, -0.2) is 19.1 Å². The summed E-state index contributed by atoms with van der Waals surface area (Å²) in [5.74, 6) is -0.309. The second kappa shape index (κ2) is 5.83. The van der Waals surface area contributed by atoms with Gasteiger partial charge >= 0.3 is 5.97 Å². The molecule has 1 aliphatic carbocycles. The SMILES string of the molecule is C=C(CNC1CCc2ccccc21)C(=O)OCC. The van der Waals surface area contributed by atoms with Crippen LogP contribution < -0.4 is 5.32 Å². The van der Waals surface area contributed by atoms with Crippen molar-refractivity contribution in [2.75, 3.05) is 13.2 Å². The molecule has 0 heterocycles. The van der Waals surface area contributed by atoms with Crippen LogP contribution >= 0.6 is 0 Å². The van der Waals surface area contributed by atoms with Gasteiger partial charge in [-0.05, 0) is 30.9 Å². The van der Waals surface area contributed by atoms with Gasteiger partial charge in [0.2, 0.25) is 0 Å². The van der Waals surface area contributed by atoms with Gasteiger partial charge in [0.05, 0.1) is 6.61 Å². The second-order valence-corrected chi connectivity index (χ2v) is 4.49. The topological polar surface area (TPSA) is 38.3 Å². The number of hydrogen-bond donors (Lipinski definition) is 1. The average Bonchev–Trinajstić information content (AvgIpc) is 2.79. The smallest absolute Gasteiger partial charge is 0.334 e. The van der Waals surface area contributed by atoms with E-state index in [0.29, 0.717) is 24.8 Å². The number of benzene rings is 1. The Morgan fingerprint density at radius 1 is 1.50 bits per heavy atom. The number of esters is 1. The normalized spacial score (nSPS) is 17.3. The Bertz CT molecular complexity index is 454. The zero-order valence-electron chi connectivity index (χ0n) is 10.7. The van der Waals surface area contributed by atoms with Crippen LogP contribution in [0.4, 0.5) is 0 Å². The summed E-state index contributed by atoms with van der Waals surface area (Å²) in [4.78, 5) is 11.4. The first-order valence-electron chi connectivity index (χ1n) is 6.38. The summed E-state index contributed by atoms with van der Waals surface area (Å²) in [5, 5.41) is 3.38. The van der Waals surface area contributed by atoms with Crippen LogP contribution in [0.2, 0.25) is 0 Å². The number of nitrogens with one attached hydrogen (secondary N) is 1. The highest BCUT2D eigenvalue weighted by Crippen LogP contribution is 2.30. The first-order chi connectivity index (χ1) is 8.72. The minimum atomic E-state index is -0.309. The lowest BCUT2D eigenvalue weighted by Gasteiger charge is -2.14. The number of aryl methyl sites for hydroxylation is 1. The Labute approximate surface area is 108 Å². The molecule has 3 heteroatoms. The summed E-state index contributed by atoms with van der Waals surface area (Å²) >= 11 is 0. The molecule has 0 fully saturated rings. The summed E-state index contributed by atoms with van der Waals surface area (Å²) in [7, 11) is 0. The molecule has 1 atom stereocenters. The lowest BCUT2D eigenvalue weighted by atomic mass is 10.1. The molecule has 18 heavy (non-hydrogen) atoms. The van der Waals surface area contributed by atoms with Crippen LogP contribution in [0.1, 0.15) is 30.5 Å². The third-order valence-electron chi connectivity index (χ3n) is 3.26. The van der Waals surface area contributed by atoms with Gasteiger partial charge in [0.25, 0.3) is 0 Å². The molecule has 2 rings (SSSR count). The molecule has 1 N–H and O–H groups in total. The quantitative estimate of drug-likeness (QED) is 0.639. The van der Waals surface area contributed by atoms with E-state index < -0.39 is 0 Å². The molecule has 3 nitrogen and oxygen atoms in total. The zero-order valence-corrected chi connectivity index (χ0v) is 10.7. The maximum absolute atomic E-state index is 11.4. The number of carbonyl (C=O) groups is 1. The van der Waals surface area contributed by atoms with E-state index in [1.165, 1.54) is 11.1 Å². The zero-order chi connectivity index (χ0) is 13.0. The van der Waals surface area contributed by atoms with Gasteiger partial charge in [-0.25, -0.2) is 4.79 Å². The van der Waals surface area contributed by atoms with Gasteiger partial charge in [0.15, 0.2) is 0 Å². The Kier molecular flexibility index (Phi) is 4.15. The molecule has 1 aliphatic rings. The van der Waals surface area contributed by atoms with Gasteiger partial charge < -0.3 is 10.1 Å². The lowest BCUT2D eigenvalue weighted by molar-refractivity contribution is -0.138. The molecular weight excluding hydrogens is 226 g/mol. The van der Waals surface area contributed by atoms with Crippen LogP contribution in [0.25, 0.3) is 0 Å². The molecule has 0 aromatic heterocycles. The summed E-state index contributed by atoms with van der Waals surface area (Å²) in [6.07, 6.45) is 2.18. The van der Waals surface area contributed by atoms with Crippen LogP contribution in [0.5, 0.6) is 0 Å². The first-order valence-corrected chi connectivity index (χ1v) is 6.38. The molecule has 0 bridgehead atoms. The standard InChI is InChI=1S/C15H19NO2/c1-3-18-15(17)11(2)10-16-14-9-8-12-6-4-5-7-13(12)14/h4-7,14,16H,2-3,8-10H2,1H3. The maximum Gasteiger partial charge on any atom is 0.334 e. The van der Waals surface area contributed by atoms with Crippen molar-refractivity contribution in [1.82, 2.24) is 5.32 Å². The van der Waals surface area contributed by atoms with Crippen molar-refractivity contribution < 1.29 is 9.53 Å². The third-order valence-corrected chi connectivity index (χ3v) is 3.26. The van der Waals surface area contributed by atoms with Crippen molar-refractivity contribution in [3.63, 3.8) is 0 Å². The molecule has 96 valence electrons. The Morgan fingerprint density at radius 2 is 2.28 bits per heavy atom. The molecule has 1 unspecified atom stereocenters. The Hall–Kier alpha value is -1.61. The fourth-order valence-corrected chi connectivity index (χ4v) is 2.32. The van der Waals surface area contributed by atoms with Crippen LogP contribution in [0.3, 0.4) is 0 Å². The summed E-state index contributed by atoms with van der Waals surface area (Å²) in [5.41, 5.74) is 3.23. The van der Waals surface area contributed by atoms with E-state index in [1.54, 1.807) is 6.92 Å². The van der Waals surface area contributed by atoms with Crippen molar-refractivity contribution >= 4 is 5.97 Å². The lowest BCUT2D eigenvalue weighted by Crippen LogP contribution is -2.25. The van der Waals surface area contributed by atoms with Crippen LogP contribution in [0, 0.1) is 0 Å². The molecular formula is C15H19NO2. The fraction of sp³-hybridized carbons (Fsp3) is 0.400. The van der Waals surface area contributed by atoms with Crippen molar-refractivity contribution in [2.24, 2.45) is 0 Å². The van der Waals surface area contributed by atoms with E-state index in [0.717, 1.165) is 12.8 Å². The molecule has 0 radical (unpaired) electrons. The van der Waals surface area contributed by atoms with Crippen molar-refractivity contribution in [2.45, 2.75) is 25.8 Å². The first kappa shape index (κ1) is 12.8. The van der Waals surface area contributed by atoms with E-state index >= 15 is 0 Å². The van der Waals surface area contributed by atoms with E-state index in [-0.39, 0.29) is 5.97 Å². The number of ether oxygens (including phenoxy) is 1. The summed E-state index contributed by atoms with van der Waals surface area (Å²) in [6.45, 7) is 6.43. The minimum absolute atomic E-state index is 0.309. The van der Waals surface area contributed by atoms with E-state index in [9.17, 15) is 4.79 Å². The highest BCUT2D eigenvalue weighted by molar-refractivity contribution is 5.88. The number of rotatable bonds is 5. The number of hydrogen-bond acceptors (Lipinski definition) is 3. The number of fused-ring (bicyclic) bond motifs is 1. The van der Waals surface area contributed by atoms with Crippen molar-refractivity contribution in [3.8, 4) is 0 Å². The van der Waals surface area contributed by atoms with Crippen molar-refractivity contribution in [1.29, 1.82) is 0 Å². The largest absolute Gasteiger partial charge is 0.463 e. The highest BCUT2D eigenvalue weighted by Gasteiger charge is 2.21. The maximum atomic E-state index is 11.4. The van der Waals surface area contributed by atoms with Crippen molar-refractivity contribution in [3.05, 3.63) is 47.5 Å². The van der Waals surface area contributed by atoms with Gasteiger partial charge in [-0.1, -0.05) is 30.8 Å². The van der Waals surface area contributed by atoms with Crippen LogP contribution in [-0.2, 0) is 16.0 Å². The molecule has 1 aromatic carbocycles. The molecule has 0 spiro atoms. The Morgan fingerprint density at radius 3 is 3.06 bits per heavy atom. The van der Waals surface area contributed by atoms with Gasteiger partial charge in [0.1, 0.15) is 0 Å².